The number of thiophene rings is 1. The number of para-hydroxylation sites is 1. The summed E-state index contributed by atoms with van der Waals surface area (Å²) in [5.41, 5.74) is 19.5. The molecule has 1 N–H and O–H groups in total. The fraction of sp³-hybridized carbons (Fsp3) is 0.0612. The Morgan fingerprint density at radius 2 is 1.44 bits per heavy atom. The van der Waals surface area contributed by atoms with E-state index in [0.717, 1.165) is 29.9 Å². The summed E-state index contributed by atoms with van der Waals surface area (Å²) in [4.78, 5) is 2.34. The van der Waals surface area contributed by atoms with Crippen LogP contribution in [0.3, 0.4) is 0 Å². The highest BCUT2D eigenvalue weighted by Gasteiger charge is 2.31. The molecule has 9 aromatic rings. The van der Waals surface area contributed by atoms with Gasteiger partial charge in [-0.2, -0.15) is 0 Å². The van der Waals surface area contributed by atoms with Crippen molar-refractivity contribution < 1.29 is 0 Å². The number of nitrogens with one attached hydrogen (secondary N) is 1. The summed E-state index contributed by atoms with van der Waals surface area (Å²) in [6.07, 6.45) is 2.24. The Morgan fingerprint density at radius 3 is 2.28 bits per heavy atom. The Morgan fingerprint density at radius 1 is 0.685 bits per heavy atom. The van der Waals surface area contributed by atoms with Crippen LogP contribution < -0.4 is 21.1 Å². The van der Waals surface area contributed by atoms with E-state index in [1.807, 2.05) is 11.3 Å². The fourth-order valence-electron chi connectivity index (χ4n) is 9.13. The Kier molecular flexibility index (Phi) is 6.71. The second kappa shape index (κ2) is 11.6. The van der Waals surface area contributed by atoms with Crippen molar-refractivity contribution in [2.75, 3.05) is 17.3 Å². The van der Waals surface area contributed by atoms with Crippen LogP contribution in [0.15, 0.2) is 146 Å². The third-order valence-corrected chi connectivity index (χ3v) is 12.8. The normalized spacial score (nSPS) is 13.4. The number of anilines is 3. The Hall–Kier alpha value is -6.30. The summed E-state index contributed by atoms with van der Waals surface area (Å²) in [6, 6.07) is 49.1. The number of aryl methyl sites for hydroxylation is 2. The average Bonchev–Trinajstić information content (AvgIpc) is 3.76. The van der Waals surface area contributed by atoms with Crippen LogP contribution in [-0.4, -0.2) is 18.9 Å². The molecule has 0 spiro atoms. The van der Waals surface area contributed by atoms with Crippen LogP contribution in [-0.2, 0) is 0 Å². The summed E-state index contributed by atoms with van der Waals surface area (Å²) in [5.74, 6) is 0. The smallest absolute Gasteiger partial charge is 0.198 e. The van der Waals surface area contributed by atoms with Gasteiger partial charge in [-0.1, -0.05) is 109 Å². The van der Waals surface area contributed by atoms with Crippen molar-refractivity contribution in [3.05, 3.63) is 168 Å². The maximum Gasteiger partial charge on any atom is 0.198 e. The van der Waals surface area contributed by atoms with Crippen molar-refractivity contribution in [3.8, 4) is 16.8 Å². The molecule has 4 heterocycles. The van der Waals surface area contributed by atoms with Gasteiger partial charge in [0, 0.05) is 77.4 Å². The molecule has 2 aliphatic rings. The minimum Gasteiger partial charge on any atom is -0.355 e. The molecule has 256 valence electrons. The lowest BCUT2D eigenvalue weighted by molar-refractivity contribution is 1.15. The number of allylic oxidation sites excluding steroid dienone is 2. The topological polar surface area (TPSA) is 20.2 Å². The van der Waals surface area contributed by atoms with Crippen LogP contribution in [0.25, 0.3) is 70.1 Å². The highest BCUT2D eigenvalue weighted by atomic mass is 32.1. The summed E-state index contributed by atoms with van der Waals surface area (Å²) in [5, 5.41) is 9.14. The molecular weight excluding hydrogens is 673 g/mol. The SMILES string of the molecule is C=C1C=C(c2ccccc2)N(C)c2cc3c(cc21)Bc1c(-c2c(Nc4ccc(C)cc4)ccc4sc5ccccc5c24)cc(C)c2c4ccccc4n-3c12. The molecule has 0 atom stereocenters. The van der Waals surface area contributed by atoms with E-state index < -0.39 is 0 Å². The number of hydrogen-bond donors (Lipinski definition) is 1. The molecule has 0 amide bonds. The van der Waals surface area contributed by atoms with Gasteiger partial charge in [0.25, 0.3) is 0 Å². The van der Waals surface area contributed by atoms with Crippen LogP contribution in [0.4, 0.5) is 17.1 Å². The van der Waals surface area contributed by atoms with E-state index in [1.165, 1.54) is 97.7 Å². The largest absolute Gasteiger partial charge is 0.355 e. The van der Waals surface area contributed by atoms with Crippen LogP contribution in [0.5, 0.6) is 0 Å². The second-order valence-corrected chi connectivity index (χ2v) is 16.0. The maximum atomic E-state index is 4.61. The van der Waals surface area contributed by atoms with Gasteiger partial charge >= 0.3 is 0 Å². The highest BCUT2D eigenvalue weighted by Crippen LogP contribution is 2.47. The Balaban J connectivity index is 1.21. The lowest BCUT2D eigenvalue weighted by atomic mass is 9.58. The zero-order valence-corrected chi connectivity index (χ0v) is 31.3. The molecule has 7 aromatic carbocycles. The molecular formula is C49H36BN3S. The van der Waals surface area contributed by atoms with Crippen molar-refractivity contribution in [3.63, 3.8) is 0 Å². The van der Waals surface area contributed by atoms with Gasteiger partial charge in [0.2, 0.25) is 0 Å². The summed E-state index contributed by atoms with van der Waals surface area (Å²) in [7, 11) is 3.01. The van der Waals surface area contributed by atoms with Crippen LogP contribution in [0.2, 0.25) is 0 Å². The minimum absolute atomic E-state index is 0.819. The van der Waals surface area contributed by atoms with Gasteiger partial charge in [-0.05, 0) is 90.1 Å². The van der Waals surface area contributed by atoms with Gasteiger partial charge in [-0.3, -0.25) is 0 Å². The third-order valence-electron chi connectivity index (χ3n) is 11.6. The van der Waals surface area contributed by atoms with Gasteiger partial charge in [0.1, 0.15) is 0 Å². The predicted molar refractivity (Wildman–Crippen MR) is 237 cm³/mol. The minimum atomic E-state index is 0.819. The van der Waals surface area contributed by atoms with Crippen molar-refractivity contribution in [2.45, 2.75) is 13.8 Å². The monoisotopic (exact) mass is 709 g/mol. The quantitative estimate of drug-likeness (QED) is 0.184. The lowest BCUT2D eigenvalue weighted by Crippen LogP contribution is -2.38. The highest BCUT2D eigenvalue weighted by molar-refractivity contribution is 7.26. The maximum absolute atomic E-state index is 4.61. The van der Waals surface area contributed by atoms with E-state index in [1.54, 1.807) is 0 Å². The molecule has 5 heteroatoms. The standard InChI is InChI=1S/C49H36BN3S/c1-28-18-20-32(21-19-28)51-38-22-23-44-47(34-15-9-11-17-43(34)54-44)46(38)36-24-30(3)45-33-14-8-10-16-39(33)53-42-27-41-35(26-37(42)50-48(36)49(45)53)29(2)25-40(52(41)4)31-12-6-5-7-13-31/h5-27,50-51H,2H2,1,3-4H3. The van der Waals surface area contributed by atoms with Crippen molar-refractivity contribution in [2.24, 2.45) is 0 Å². The molecule has 54 heavy (non-hydrogen) atoms. The number of aromatic nitrogens is 1. The number of benzene rings is 7. The zero-order chi connectivity index (χ0) is 36.2. The van der Waals surface area contributed by atoms with Crippen LogP contribution in [0.1, 0.15) is 22.3 Å². The first-order chi connectivity index (χ1) is 26.4. The number of hydrogen-bond acceptors (Lipinski definition) is 3. The zero-order valence-electron chi connectivity index (χ0n) is 30.5. The van der Waals surface area contributed by atoms with Gasteiger partial charge in [0.05, 0.1) is 11.2 Å². The molecule has 3 nitrogen and oxygen atoms in total. The molecule has 11 rings (SSSR count). The number of fused-ring (bicyclic) bond motifs is 9. The van der Waals surface area contributed by atoms with E-state index >= 15 is 0 Å². The van der Waals surface area contributed by atoms with E-state index in [0.29, 0.717) is 0 Å². The van der Waals surface area contributed by atoms with Gasteiger partial charge < -0.3 is 14.8 Å². The first kappa shape index (κ1) is 31.3. The molecule has 0 saturated heterocycles. The molecule has 2 aliphatic heterocycles. The molecule has 0 radical (unpaired) electrons. The molecule has 2 aromatic heterocycles. The second-order valence-electron chi connectivity index (χ2n) is 14.9. The third kappa shape index (κ3) is 4.49. The van der Waals surface area contributed by atoms with Crippen LogP contribution >= 0.6 is 11.3 Å². The van der Waals surface area contributed by atoms with E-state index in [2.05, 4.69) is 182 Å². The van der Waals surface area contributed by atoms with E-state index in [-0.39, 0.29) is 0 Å². The molecule has 0 fully saturated rings. The first-order valence-electron chi connectivity index (χ1n) is 18.6. The Bertz CT molecular complexity index is 3090. The van der Waals surface area contributed by atoms with Gasteiger partial charge in [0.15, 0.2) is 7.28 Å². The number of rotatable bonds is 4. The Labute approximate surface area is 319 Å². The van der Waals surface area contributed by atoms with E-state index in [9.17, 15) is 0 Å². The predicted octanol–water partition coefficient (Wildman–Crippen LogP) is 11.4. The molecule has 0 saturated carbocycles. The lowest BCUT2D eigenvalue weighted by Gasteiger charge is -2.33. The summed E-state index contributed by atoms with van der Waals surface area (Å²) < 4.78 is 5.17. The summed E-state index contributed by atoms with van der Waals surface area (Å²) >= 11 is 1.88. The van der Waals surface area contributed by atoms with Gasteiger partial charge in [-0.15, -0.1) is 11.3 Å². The number of nitrogens with zero attached hydrogens (tertiary/aromatic N) is 2. The van der Waals surface area contributed by atoms with Gasteiger partial charge in [-0.25, -0.2) is 0 Å². The van der Waals surface area contributed by atoms with Crippen molar-refractivity contribution in [1.29, 1.82) is 0 Å². The van der Waals surface area contributed by atoms with Crippen molar-refractivity contribution >= 4 is 99.9 Å². The fourth-order valence-corrected chi connectivity index (χ4v) is 10.2. The first-order valence-corrected chi connectivity index (χ1v) is 19.5. The molecule has 0 bridgehead atoms. The van der Waals surface area contributed by atoms with Crippen LogP contribution in [0, 0.1) is 13.8 Å². The summed E-state index contributed by atoms with van der Waals surface area (Å²) in [6.45, 7) is 9.05. The molecule has 0 aliphatic carbocycles. The van der Waals surface area contributed by atoms with Crippen molar-refractivity contribution in [1.82, 2.24) is 4.57 Å². The average molecular weight is 710 g/mol. The molecule has 0 unspecified atom stereocenters. The van der Waals surface area contributed by atoms with E-state index in [4.69, 9.17) is 0 Å².